The first-order chi connectivity index (χ1) is 20.8. The van der Waals surface area contributed by atoms with E-state index in [1.54, 1.807) is 6.07 Å². The minimum atomic E-state index is -5.00. The summed E-state index contributed by atoms with van der Waals surface area (Å²) in [7, 11) is 1.44. The molecule has 2 fully saturated rings. The molecule has 1 saturated carbocycles. The lowest BCUT2D eigenvalue weighted by Gasteiger charge is -2.35. The number of hydrogen-bond donors (Lipinski definition) is 1. The van der Waals surface area contributed by atoms with Crippen LogP contribution in [0.3, 0.4) is 0 Å². The topological polar surface area (TPSA) is 59.0 Å². The lowest BCUT2D eigenvalue weighted by molar-refractivity contribution is -0.143. The van der Waals surface area contributed by atoms with Gasteiger partial charge in [-0.3, -0.25) is 4.79 Å². The number of ether oxygens (including phenoxy) is 2. The van der Waals surface area contributed by atoms with E-state index in [2.05, 4.69) is 0 Å². The molecule has 1 heterocycles. The van der Waals surface area contributed by atoms with E-state index in [0.717, 1.165) is 24.5 Å². The fourth-order valence-electron chi connectivity index (χ4n) is 5.95. The zero-order valence-electron chi connectivity index (χ0n) is 24.0. The minimum Gasteiger partial charge on any atom is -0.497 e. The molecule has 5 nitrogen and oxygen atoms in total. The molecular weight excluding hydrogens is 588 g/mol. The number of hydrogen-bond acceptors (Lipinski definition) is 4. The van der Waals surface area contributed by atoms with Crippen molar-refractivity contribution < 1.29 is 45.7 Å². The molecule has 44 heavy (non-hydrogen) atoms. The molecule has 5 rings (SSSR count). The zero-order valence-corrected chi connectivity index (χ0v) is 24.0. The van der Waals surface area contributed by atoms with Crippen molar-refractivity contribution in [3.8, 4) is 22.6 Å². The summed E-state index contributed by atoms with van der Waals surface area (Å²) in [5.41, 5.74) is -1.47. The van der Waals surface area contributed by atoms with Crippen LogP contribution in [-0.2, 0) is 17.1 Å². The molecule has 1 aliphatic heterocycles. The Morgan fingerprint density at radius 1 is 0.886 bits per heavy atom. The quantitative estimate of drug-likeness (QED) is 0.230. The second-order valence-corrected chi connectivity index (χ2v) is 11.5. The van der Waals surface area contributed by atoms with Gasteiger partial charge < -0.3 is 19.5 Å². The Hall–Kier alpha value is -3.89. The second kappa shape index (κ2) is 12.6. The van der Waals surface area contributed by atoms with Gasteiger partial charge in [-0.15, -0.1) is 0 Å². The van der Waals surface area contributed by atoms with Crippen molar-refractivity contribution in [2.24, 2.45) is 11.8 Å². The average molecular weight is 622 g/mol. The molecule has 3 aromatic rings. The highest BCUT2D eigenvalue weighted by atomic mass is 19.4. The van der Waals surface area contributed by atoms with Gasteiger partial charge in [0.2, 0.25) is 0 Å². The van der Waals surface area contributed by atoms with Gasteiger partial charge in [0, 0.05) is 30.4 Å². The molecule has 1 aliphatic carbocycles. The molecular formula is C33H33F6NO4. The van der Waals surface area contributed by atoms with Crippen molar-refractivity contribution in [3.05, 3.63) is 77.4 Å². The van der Waals surface area contributed by atoms with Crippen LogP contribution in [0.4, 0.5) is 32.0 Å². The van der Waals surface area contributed by atoms with Gasteiger partial charge in [-0.1, -0.05) is 18.2 Å². The Bertz CT molecular complexity index is 1480. The zero-order chi connectivity index (χ0) is 31.6. The lowest BCUT2D eigenvalue weighted by atomic mass is 9.91. The van der Waals surface area contributed by atoms with Crippen molar-refractivity contribution in [2.45, 2.75) is 50.4 Å². The summed E-state index contributed by atoms with van der Waals surface area (Å²) in [5.74, 6) is 0.756. The number of methoxy groups -OCH3 is 1. The molecule has 1 unspecified atom stereocenters. The fraction of sp³-hybridized carbons (Fsp3) is 0.424. The van der Waals surface area contributed by atoms with E-state index in [1.807, 2.05) is 29.2 Å². The number of carboxylic acid groups (broad SMARTS) is 1. The van der Waals surface area contributed by atoms with Crippen molar-refractivity contribution in [3.63, 3.8) is 0 Å². The van der Waals surface area contributed by atoms with Crippen LogP contribution in [0.2, 0.25) is 0 Å². The number of benzene rings is 3. The van der Waals surface area contributed by atoms with Crippen molar-refractivity contribution in [1.82, 2.24) is 0 Å². The van der Waals surface area contributed by atoms with E-state index in [-0.39, 0.29) is 35.4 Å². The summed E-state index contributed by atoms with van der Waals surface area (Å²) >= 11 is 0. The molecule has 11 heteroatoms. The number of alkyl halides is 6. The molecule has 2 aliphatic rings. The number of aliphatic carboxylic acids is 1. The molecule has 1 saturated heterocycles. The first-order valence-electron chi connectivity index (χ1n) is 14.5. The molecule has 0 aromatic heterocycles. The third kappa shape index (κ3) is 7.42. The predicted octanol–water partition coefficient (Wildman–Crippen LogP) is 8.66. The van der Waals surface area contributed by atoms with Gasteiger partial charge in [-0.25, -0.2) is 0 Å². The SMILES string of the molecule is COc1ccc(-c2ccc(C(F)(F)F)cc2C(F)(F)F)c(N2CCC(COc3cccc(C(CC(=O)O)C4CC4)c3)CC2)c1. The van der Waals surface area contributed by atoms with Crippen LogP contribution < -0.4 is 14.4 Å². The first kappa shape index (κ1) is 31.5. The van der Waals surface area contributed by atoms with Crippen molar-refractivity contribution >= 4 is 11.7 Å². The van der Waals surface area contributed by atoms with E-state index < -0.39 is 29.4 Å². The highest BCUT2D eigenvalue weighted by molar-refractivity contribution is 5.82. The van der Waals surface area contributed by atoms with Gasteiger partial charge in [0.05, 0.1) is 31.3 Å². The predicted molar refractivity (Wildman–Crippen MR) is 153 cm³/mol. The number of rotatable bonds is 10. The monoisotopic (exact) mass is 621 g/mol. The molecule has 0 amide bonds. The standard InChI is InChI=1S/C33H33F6NO4/c1-43-24-8-10-27(26-9-7-23(32(34,35)36)16-29(26)33(37,38)39)30(17-24)40-13-11-20(12-14-40)19-44-25-4-2-3-22(15-25)28(18-31(41)42)21-5-6-21/h2-4,7-10,15-17,20-21,28H,5-6,11-14,18-19H2,1H3,(H,41,42). The summed E-state index contributed by atoms with van der Waals surface area (Å²) < 4.78 is 93.3. The third-order valence-electron chi connectivity index (χ3n) is 8.46. The summed E-state index contributed by atoms with van der Waals surface area (Å²) in [6, 6.07) is 13.8. The summed E-state index contributed by atoms with van der Waals surface area (Å²) in [5, 5.41) is 9.34. The van der Waals surface area contributed by atoms with E-state index >= 15 is 0 Å². The third-order valence-corrected chi connectivity index (χ3v) is 8.46. The van der Waals surface area contributed by atoms with Crippen LogP contribution in [0.1, 0.15) is 54.7 Å². The molecule has 236 valence electrons. The Balaban J connectivity index is 1.31. The fourth-order valence-corrected chi connectivity index (χ4v) is 5.95. The Morgan fingerprint density at radius 2 is 1.59 bits per heavy atom. The highest BCUT2D eigenvalue weighted by Gasteiger charge is 2.39. The van der Waals surface area contributed by atoms with Gasteiger partial charge in [0.15, 0.2) is 0 Å². The van der Waals surface area contributed by atoms with Gasteiger partial charge in [-0.2, -0.15) is 26.3 Å². The number of carboxylic acids is 1. The van der Waals surface area contributed by atoms with Crippen LogP contribution in [0.15, 0.2) is 60.7 Å². The van der Waals surface area contributed by atoms with Crippen LogP contribution in [0.5, 0.6) is 11.5 Å². The lowest BCUT2D eigenvalue weighted by Crippen LogP contribution is -2.36. The van der Waals surface area contributed by atoms with E-state index in [9.17, 15) is 36.2 Å². The first-order valence-corrected chi connectivity index (χ1v) is 14.5. The molecule has 1 N–H and O–H groups in total. The maximum atomic E-state index is 14.0. The highest BCUT2D eigenvalue weighted by Crippen LogP contribution is 2.46. The Kier molecular flexibility index (Phi) is 9.04. The average Bonchev–Trinajstić information content (AvgIpc) is 3.83. The normalized spacial score (nSPS) is 16.9. The maximum absolute atomic E-state index is 14.0. The Morgan fingerprint density at radius 3 is 2.20 bits per heavy atom. The van der Waals surface area contributed by atoms with Gasteiger partial charge in [0.1, 0.15) is 11.5 Å². The molecule has 3 aromatic carbocycles. The van der Waals surface area contributed by atoms with Crippen LogP contribution >= 0.6 is 0 Å². The van der Waals surface area contributed by atoms with Crippen LogP contribution in [-0.4, -0.2) is 37.9 Å². The molecule has 0 spiro atoms. The number of halogens is 6. The molecule has 1 atom stereocenters. The molecule has 0 bridgehead atoms. The van der Waals surface area contributed by atoms with E-state index in [1.165, 1.54) is 19.2 Å². The van der Waals surface area contributed by atoms with Crippen LogP contribution in [0, 0.1) is 11.8 Å². The van der Waals surface area contributed by atoms with E-state index in [0.29, 0.717) is 61.7 Å². The number of piperidine rings is 1. The smallest absolute Gasteiger partial charge is 0.417 e. The van der Waals surface area contributed by atoms with Gasteiger partial charge in [0.25, 0.3) is 0 Å². The second-order valence-electron chi connectivity index (χ2n) is 11.5. The Labute approximate surface area is 251 Å². The van der Waals surface area contributed by atoms with Crippen molar-refractivity contribution in [2.75, 3.05) is 31.7 Å². The summed E-state index contributed by atoms with van der Waals surface area (Å²) in [6.07, 6.45) is -6.43. The maximum Gasteiger partial charge on any atom is 0.417 e. The van der Waals surface area contributed by atoms with Crippen LogP contribution in [0.25, 0.3) is 11.1 Å². The molecule has 0 radical (unpaired) electrons. The number of nitrogens with zero attached hydrogens (tertiary/aromatic N) is 1. The minimum absolute atomic E-state index is 0.0427. The van der Waals surface area contributed by atoms with Gasteiger partial charge >= 0.3 is 18.3 Å². The number of carbonyl (C=O) groups is 1. The number of anilines is 1. The van der Waals surface area contributed by atoms with Crippen molar-refractivity contribution in [1.29, 1.82) is 0 Å². The summed E-state index contributed by atoms with van der Waals surface area (Å²) in [6.45, 7) is 1.42. The summed E-state index contributed by atoms with van der Waals surface area (Å²) in [4.78, 5) is 13.3. The largest absolute Gasteiger partial charge is 0.497 e. The van der Waals surface area contributed by atoms with E-state index in [4.69, 9.17) is 9.47 Å². The van der Waals surface area contributed by atoms with Gasteiger partial charge in [-0.05, 0) is 91.0 Å².